The van der Waals surface area contributed by atoms with Crippen molar-refractivity contribution in [3.8, 4) is 5.75 Å². The summed E-state index contributed by atoms with van der Waals surface area (Å²) in [5.74, 6) is 0.639. The average Bonchev–Trinajstić information content (AvgIpc) is 3.26. The van der Waals surface area contributed by atoms with Crippen molar-refractivity contribution in [3.05, 3.63) is 47.7 Å². The predicted octanol–water partition coefficient (Wildman–Crippen LogP) is 5.88. The Morgan fingerprint density at radius 2 is 1.74 bits per heavy atom. The molecule has 1 unspecified atom stereocenters. The smallest absolute Gasteiger partial charge is 0.268 e. The molecule has 0 saturated heterocycles. The molecule has 0 spiro atoms. The molecule has 1 atom stereocenters. The van der Waals surface area contributed by atoms with E-state index in [2.05, 4.69) is 39.9 Å². The number of hydrogen-bond donors (Lipinski definition) is 3. The number of nitrogens with zero attached hydrogens (tertiary/aromatic N) is 3. The average molecular weight is 552 g/mol. The van der Waals surface area contributed by atoms with Gasteiger partial charge in [-0.2, -0.15) is 4.40 Å². The monoisotopic (exact) mass is 551 g/mol. The van der Waals surface area contributed by atoms with Crippen molar-refractivity contribution >= 4 is 34.3 Å². The number of carbonyl (C=O) groups is 1. The Kier molecular flexibility index (Phi) is 21.3. The van der Waals surface area contributed by atoms with Gasteiger partial charge in [-0.1, -0.05) is 67.5 Å². The van der Waals surface area contributed by atoms with Crippen LogP contribution >= 0.6 is 0 Å². The van der Waals surface area contributed by atoms with E-state index in [1.54, 1.807) is 32.3 Å². The lowest BCUT2D eigenvalue weighted by Gasteiger charge is -2.15. The number of aromatic hydroxyl groups is 1. The Bertz CT molecular complexity index is 972. The predicted molar refractivity (Wildman–Crippen MR) is 163 cm³/mol. The van der Waals surface area contributed by atoms with Crippen LogP contribution in [0.1, 0.15) is 78.6 Å². The van der Waals surface area contributed by atoms with Crippen molar-refractivity contribution in [3.63, 3.8) is 0 Å². The number of carbonyl (C=O) groups excluding carboxylic acids is 1. The van der Waals surface area contributed by atoms with Crippen LogP contribution in [0.5, 0.6) is 5.75 Å². The highest BCUT2D eigenvalue weighted by Gasteiger charge is 2.21. The topological polar surface area (TPSA) is 116 Å². The van der Waals surface area contributed by atoms with Gasteiger partial charge in [-0.3, -0.25) is 4.79 Å². The van der Waals surface area contributed by atoms with E-state index >= 15 is 0 Å². The molecule has 3 N–H and O–H groups in total. The summed E-state index contributed by atoms with van der Waals surface area (Å²) in [6.07, 6.45) is 4.00. The molecule has 0 saturated carbocycles. The Morgan fingerprint density at radius 3 is 2.26 bits per heavy atom. The Hall–Kier alpha value is -3.14. The third-order valence-electron chi connectivity index (χ3n) is 4.12. The highest BCUT2D eigenvalue weighted by Crippen LogP contribution is 2.28. The highest BCUT2D eigenvalue weighted by atomic mass is 32.2. The molecule has 0 aromatic heterocycles. The molecule has 1 aromatic rings. The molecule has 0 fully saturated rings. The number of ether oxygens (including phenoxy) is 1. The first-order valence-electron chi connectivity index (χ1n) is 13.2. The lowest BCUT2D eigenvalue weighted by atomic mass is 10.1. The SMILES string of the molecule is C=C(C)CO/C(=C\CC)CNC1=NS(=O)N=C1CNc1cccc(C(=O)N(C)C)c1O.CC.CC.CCC. The maximum absolute atomic E-state index is 12.2. The van der Waals surface area contributed by atoms with Crippen LogP contribution in [0.4, 0.5) is 5.69 Å². The summed E-state index contributed by atoms with van der Waals surface area (Å²) < 4.78 is 25.6. The van der Waals surface area contributed by atoms with Crippen LogP contribution < -0.4 is 10.6 Å². The summed E-state index contributed by atoms with van der Waals surface area (Å²) in [6.45, 7) is 20.9. The zero-order valence-corrected chi connectivity index (χ0v) is 25.8. The minimum atomic E-state index is -1.72. The molecule has 10 heteroatoms. The second kappa shape index (κ2) is 21.9. The number of amidine groups is 1. The number of para-hydroxylation sites is 1. The molecule has 0 aliphatic carbocycles. The quantitative estimate of drug-likeness (QED) is 0.190. The summed E-state index contributed by atoms with van der Waals surface area (Å²) in [7, 11) is 3.22. The van der Waals surface area contributed by atoms with E-state index < -0.39 is 11.2 Å². The van der Waals surface area contributed by atoms with Crippen LogP contribution in [-0.2, 0) is 15.9 Å². The number of phenols is 1. The molecule has 216 valence electrons. The Morgan fingerprint density at radius 1 is 1.13 bits per heavy atom. The fourth-order valence-corrected chi connectivity index (χ4v) is 3.32. The molecular weight excluding hydrogens is 502 g/mol. The van der Waals surface area contributed by atoms with Crippen LogP contribution in [0.2, 0.25) is 0 Å². The van der Waals surface area contributed by atoms with Gasteiger partial charge in [0.25, 0.3) is 17.1 Å². The maximum atomic E-state index is 12.2. The lowest BCUT2D eigenvalue weighted by Crippen LogP contribution is -2.35. The third kappa shape index (κ3) is 14.0. The first-order chi connectivity index (χ1) is 18.1. The molecule has 1 aliphatic rings. The minimum Gasteiger partial charge on any atom is -0.505 e. The molecule has 1 aliphatic heterocycles. The van der Waals surface area contributed by atoms with Gasteiger partial charge < -0.3 is 25.4 Å². The molecular formula is C28H49N5O4S. The Labute approximate surface area is 232 Å². The van der Waals surface area contributed by atoms with Crippen LogP contribution in [0.25, 0.3) is 0 Å². The number of anilines is 1. The van der Waals surface area contributed by atoms with Gasteiger partial charge in [-0.15, -0.1) is 4.40 Å². The maximum Gasteiger partial charge on any atom is 0.268 e. The number of nitrogens with one attached hydrogen (secondary N) is 2. The summed E-state index contributed by atoms with van der Waals surface area (Å²) >= 11 is -1.72. The van der Waals surface area contributed by atoms with Crippen molar-refractivity contribution in [2.75, 3.05) is 39.1 Å². The van der Waals surface area contributed by atoms with Gasteiger partial charge in [0.2, 0.25) is 0 Å². The second-order valence-electron chi connectivity index (χ2n) is 7.85. The first kappa shape index (κ1) is 37.0. The van der Waals surface area contributed by atoms with E-state index in [0.29, 0.717) is 30.4 Å². The fourth-order valence-electron chi connectivity index (χ4n) is 2.61. The summed E-state index contributed by atoms with van der Waals surface area (Å²) in [6, 6.07) is 4.86. The van der Waals surface area contributed by atoms with Crippen LogP contribution in [0.3, 0.4) is 0 Å². The Balaban J connectivity index is 0. The van der Waals surface area contributed by atoms with Gasteiger partial charge in [0.1, 0.15) is 18.1 Å². The zero-order valence-electron chi connectivity index (χ0n) is 25.0. The molecule has 1 amide bonds. The molecule has 1 heterocycles. The molecule has 38 heavy (non-hydrogen) atoms. The van der Waals surface area contributed by atoms with E-state index in [1.165, 1.54) is 11.3 Å². The number of hydrogen-bond acceptors (Lipinski definition) is 6. The summed E-state index contributed by atoms with van der Waals surface area (Å²) in [4.78, 5) is 13.6. The first-order valence-corrected chi connectivity index (χ1v) is 14.3. The second-order valence-corrected chi connectivity index (χ2v) is 8.68. The number of benzene rings is 1. The standard InChI is InChI=1S/C21H29N5O4S.C3H8.2C2H6/c1-6-8-15(30-13-14(2)3)11-23-20-18(24-31(29)25-20)12-22-17-10-7-9-16(19(17)27)21(28)26(4)5;1-3-2;2*1-2/h7-10,22,27H,2,6,11-13H2,1,3-5H3,(H,23,25);3H2,1-2H3;2*1-2H3/b15-8-;;;. The van der Waals surface area contributed by atoms with Crippen LogP contribution in [0.15, 0.2) is 51.0 Å². The van der Waals surface area contributed by atoms with Gasteiger partial charge >= 0.3 is 0 Å². The summed E-state index contributed by atoms with van der Waals surface area (Å²) in [5.41, 5.74) is 1.90. The van der Waals surface area contributed by atoms with Crippen molar-refractivity contribution in [1.29, 1.82) is 0 Å². The number of phenolic OH excluding ortho intramolecular Hbond substituents is 1. The van der Waals surface area contributed by atoms with E-state index in [1.807, 2.05) is 47.6 Å². The van der Waals surface area contributed by atoms with Gasteiger partial charge in [-0.05, 0) is 37.1 Å². The van der Waals surface area contributed by atoms with Gasteiger partial charge in [-0.25, -0.2) is 4.21 Å². The van der Waals surface area contributed by atoms with Gasteiger partial charge in [0.15, 0.2) is 11.6 Å². The molecule has 9 nitrogen and oxygen atoms in total. The highest BCUT2D eigenvalue weighted by molar-refractivity contribution is 7.83. The summed E-state index contributed by atoms with van der Waals surface area (Å²) in [5, 5.41) is 16.6. The minimum absolute atomic E-state index is 0.157. The van der Waals surface area contributed by atoms with E-state index in [4.69, 9.17) is 4.74 Å². The van der Waals surface area contributed by atoms with Crippen LogP contribution in [0, 0.1) is 0 Å². The fraction of sp³-hybridized carbons (Fsp3) is 0.536. The van der Waals surface area contributed by atoms with Crippen molar-refractivity contribution in [2.24, 2.45) is 8.80 Å². The zero-order chi connectivity index (χ0) is 29.7. The number of rotatable bonds is 10. The normalized spacial score (nSPS) is 13.6. The van der Waals surface area contributed by atoms with E-state index in [0.717, 1.165) is 17.8 Å². The van der Waals surface area contributed by atoms with E-state index in [-0.39, 0.29) is 23.8 Å². The number of allylic oxidation sites excluding steroid dienone is 1. The van der Waals surface area contributed by atoms with Gasteiger partial charge in [0, 0.05) is 14.1 Å². The lowest BCUT2D eigenvalue weighted by molar-refractivity contribution is 0.0824. The van der Waals surface area contributed by atoms with Crippen LogP contribution in [-0.4, -0.2) is 65.5 Å². The van der Waals surface area contributed by atoms with Crippen molar-refractivity contribution in [2.45, 2.75) is 68.2 Å². The molecule has 1 aromatic carbocycles. The molecule has 2 rings (SSSR count). The van der Waals surface area contributed by atoms with E-state index in [9.17, 15) is 14.1 Å². The molecule has 0 bridgehead atoms. The van der Waals surface area contributed by atoms with Gasteiger partial charge in [0.05, 0.1) is 24.3 Å². The molecule has 0 radical (unpaired) electrons. The van der Waals surface area contributed by atoms with Crippen molar-refractivity contribution in [1.82, 2.24) is 10.2 Å². The third-order valence-corrected chi connectivity index (χ3v) is 4.83. The largest absolute Gasteiger partial charge is 0.505 e. The van der Waals surface area contributed by atoms with Crippen molar-refractivity contribution < 1.29 is 18.8 Å². The number of amides is 1.